The van der Waals surface area contributed by atoms with Gasteiger partial charge >= 0.3 is 6.18 Å². The van der Waals surface area contributed by atoms with Crippen molar-refractivity contribution < 1.29 is 18.3 Å². The van der Waals surface area contributed by atoms with E-state index in [1.54, 1.807) is 19.2 Å². The van der Waals surface area contributed by atoms with Gasteiger partial charge in [0, 0.05) is 24.4 Å². The first-order valence-electron chi connectivity index (χ1n) is 6.89. The molecule has 1 heterocycles. The van der Waals surface area contributed by atoms with Crippen LogP contribution in [0.3, 0.4) is 0 Å². The minimum atomic E-state index is -4.17. The fourth-order valence-electron chi connectivity index (χ4n) is 2.48. The molecule has 0 radical (unpaired) electrons. The van der Waals surface area contributed by atoms with Crippen molar-refractivity contribution in [2.45, 2.75) is 44.4 Å². The van der Waals surface area contributed by atoms with Crippen molar-refractivity contribution in [2.24, 2.45) is 0 Å². The molecule has 21 heavy (non-hydrogen) atoms. The lowest BCUT2D eigenvalue weighted by Crippen LogP contribution is -2.27. The van der Waals surface area contributed by atoms with Crippen molar-refractivity contribution in [1.29, 1.82) is 0 Å². The minimum Gasteiger partial charge on any atom is -0.390 e. The van der Waals surface area contributed by atoms with Gasteiger partial charge in [-0.15, -0.1) is 0 Å². The van der Waals surface area contributed by atoms with Gasteiger partial charge in [0.2, 0.25) is 0 Å². The normalized spacial score (nSPS) is 15.1. The van der Waals surface area contributed by atoms with Gasteiger partial charge in [-0.3, -0.25) is 4.98 Å². The standard InChI is InChI=1S/C16H18F3NO/c1-15(21,8-4-9-16(17,18)19)11-12-7-10-20-14-6-3-2-5-13(12)14/h2-3,5-7,10,21H,4,8-9,11H2,1H3. The Kier molecular flexibility index (Phi) is 4.52. The van der Waals surface area contributed by atoms with Crippen molar-refractivity contribution >= 4 is 10.9 Å². The minimum absolute atomic E-state index is 0.0699. The third kappa shape index (κ3) is 4.70. The molecule has 0 aliphatic carbocycles. The monoisotopic (exact) mass is 297 g/mol. The Balaban J connectivity index is 2.08. The number of hydrogen-bond donors (Lipinski definition) is 1. The molecule has 0 saturated carbocycles. The SMILES string of the molecule is CC(O)(CCCC(F)(F)F)Cc1ccnc2ccccc12. The topological polar surface area (TPSA) is 33.1 Å². The van der Waals surface area contributed by atoms with E-state index < -0.39 is 18.2 Å². The van der Waals surface area contributed by atoms with E-state index in [2.05, 4.69) is 4.98 Å². The third-order valence-electron chi connectivity index (χ3n) is 3.49. The van der Waals surface area contributed by atoms with Crippen molar-refractivity contribution in [3.8, 4) is 0 Å². The van der Waals surface area contributed by atoms with Gasteiger partial charge in [-0.2, -0.15) is 13.2 Å². The Morgan fingerprint density at radius 1 is 1.10 bits per heavy atom. The van der Waals surface area contributed by atoms with Gasteiger partial charge in [0.1, 0.15) is 0 Å². The molecule has 2 rings (SSSR count). The number of para-hydroxylation sites is 1. The lowest BCUT2D eigenvalue weighted by Gasteiger charge is -2.24. The van der Waals surface area contributed by atoms with Crippen LogP contribution in [0, 0.1) is 0 Å². The second-order valence-corrected chi connectivity index (χ2v) is 5.63. The summed E-state index contributed by atoms with van der Waals surface area (Å²) in [6.45, 7) is 1.58. The maximum atomic E-state index is 12.2. The van der Waals surface area contributed by atoms with Gasteiger partial charge in [-0.25, -0.2) is 0 Å². The summed E-state index contributed by atoms with van der Waals surface area (Å²) in [6, 6.07) is 9.34. The van der Waals surface area contributed by atoms with Crippen LogP contribution in [0.5, 0.6) is 0 Å². The van der Waals surface area contributed by atoms with Crippen LogP contribution in [0.1, 0.15) is 31.7 Å². The number of alkyl halides is 3. The Morgan fingerprint density at radius 2 is 1.81 bits per heavy atom. The number of halogens is 3. The first-order chi connectivity index (χ1) is 9.77. The summed E-state index contributed by atoms with van der Waals surface area (Å²) in [5.74, 6) is 0. The van der Waals surface area contributed by atoms with Gasteiger partial charge in [0.05, 0.1) is 11.1 Å². The number of pyridine rings is 1. The molecule has 1 N–H and O–H groups in total. The van der Waals surface area contributed by atoms with Gasteiger partial charge in [0.15, 0.2) is 0 Å². The zero-order valence-corrected chi connectivity index (χ0v) is 11.8. The van der Waals surface area contributed by atoms with E-state index in [0.29, 0.717) is 6.42 Å². The average Bonchev–Trinajstić information content (AvgIpc) is 2.37. The maximum Gasteiger partial charge on any atom is 0.389 e. The number of rotatable bonds is 5. The smallest absolute Gasteiger partial charge is 0.389 e. The van der Waals surface area contributed by atoms with Gasteiger partial charge in [-0.1, -0.05) is 18.2 Å². The number of benzene rings is 1. The Labute approximate surface area is 121 Å². The molecule has 5 heteroatoms. The van der Waals surface area contributed by atoms with E-state index in [1.807, 2.05) is 24.3 Å². The summed E-state index contributed by atoms with van der Waals surface area (Å²) in [4.78, 5) is 4.24. The molecule has 1 atom stereocenters. The molecular weight excluding hydrogens is 279 g/mol. The van der Waals surface area contributed by atoms with Crippen LogP contribution >= 0.6 is 0 Å². The van der Waals surface area contributed by atoms with Crippen LogP contribution in [-0.2, 0) is 6.42 Å². The summed E-state index contributed by atoms with van der Waals surface area (Å²) >= 11 is 0. The first kappa shape index (κ1) is 15.8. The van der Waals surface area contributed by atoms with Gasteiger partial charge < -0.3 is 5.11 Å². The lowest BCUT2D eigenvalue weighted by molar-refractivity contribution is -0.137. The second kappa shape index (κ2) is 6.02. The molecule has 1 aromatic heterocycles. The van der Waals surface area contributed by atoms with E-state index >= 15 is 0 Å². The molecule has 1 aromatic carbocycles. The first-order valence-corrected chi connectivity index (χ1v) is 6.89. The largest absolute Gasteiger partial charge is 0.390 e. The summed E-state index contributed by atoms with van der Waals surface area (Å²) < 4.78 is 36.5. The van der Waals surface area contributed by atoms with Crippen molar-refractivity contribution in [2.75, 3.05) is 0 Å². The maximum absolute atomic E-state index is 12.2. The van der Waals surface area contributed by atoms with Crippen LogP contribution < -0.4 is 0 Å². The Bertz CT molecular complexity index is 602. The summed E-state index contributed by atoms with van der Waals surface area (Å²) in [7, 11) is 0. The van der Waals surface area contributed by atoms with E-state index in [1.165, 1.54) is 0 Å². The fraction of sp³-hybridized carbons (Fsp3) is 0.438. The van der Waals surface area contributed by atoms with Crippen molar-refractivity contribution in [3.05, 3.63) is 42.1 Å². The molecule has 0 amide bonds. The highest BCUT2D eigenvalue weighted by atomic mass is 19.4. The quantitative estimate of drug-likeness (QED) is 0.894. The molecule has 0 saturated heterocycles. The number of aromatic nitrogens is 1. The molecular formula is C16H18F3NO. The number of nitrogens with zero attached hydrogens (tertiary/aromatic N) is 1. The van der Waals surface area contributed by atoms with Crippen molar-refractivity contribution in [3.63, 3.8) is 0 Å². The highest BCUT2D eigenvalue weighted by Crippen LogP contribution is 2.28. The van der Waals surface area contributed by atoms with Crippen LogP contribution in [0.15, 0.2) is 36.5 Å². The molecule has 114 valence electrons. The zero-order chi connectivity index (χ0) is 15.5. The fourth-order valence-corrected chi connectivity index (χ4v) is 2.48. The van der Waals surface area contributed by atoms with Crippen LogP contribution in [-0.4, -0.2) is 21.9 Å². The molecule has 0 spiro atoms. The molecule has 0 aliphatic heterocycles. The number of fused-ring (bicyclic) bond motifs is 1. The molecule has 0 bridgehead atoms. The van der Waals surface area contributed by atoms with Gasteiger partial charge in [0.25, 0.3) is 0 Å². The predicted molar refractivity (Wildman–Crippen MR) is 76.0 cm³/mol. The van der Waals surface area contributed by atoms with Crippen LogP contribution in [0.25, 0.3) is 10.9 Å². The molecule has 0 aliphatic rings. The second-order valence-electron chi connectivity index (χ2n) is 5.63. The Hall–Kier alpha value is -1.62. The number of hydrogen-bond acceptors (Lipinski definition) is 2. The number of aliphatic hydroxyl groups is 1. The van der Waals surface area contributed by atoms with E-state index in [-0.39, 0.29) is 12.8 Å². The third-order valence-corrected chi connectivity index (χ3v) is 3.49. The van der Waals surface area contributed by atoms with Crippen LogP contribution in [0.4, 0.5) is 13.2 Å². The Morgan fingerprint density at radius 3 is 2.52 bits per heavy atom. The molecule has 2 nitrogen and oxygen atoms in total. The molecule has 2 aromatic rings. The molecule has 0 fully saturated rings. The highest BCUT2D eigenvalue weighted by molar-refractivity contribution is 5.81. The van der Waals surface area contributed by atoms with E-state index in [4.69, 9.17) is 0 Å². The van der Waals surface area contributed by atoms with Crippen LogP contribution in [0.2, 0.25) is 0 Å². The summed E-state index contributed by atoms with van der Waals surface area (Å²) in [5.41, 5.74) is 0.564. The predicted octanol–water partition coefficient (Wildman–Crippen LogP) is 4.26. The summed E-state index contributed by atoms with van der Waals surface area (Å²) in [6.07, 6.45) is -3.01. The van der Waals surface area contributed by atoms with E-state index in [9.17, 15) is 18.3 Å². The zero-order valence-electron chi connectivity index (χ0n) is 11.8. The highest BCUT2D eigenvalue weighted by Gasteiger charge is 2.29. The lowest BCUT2D eigenvalue weighted by atomic mass is 9.90. The average molecular weight is 297 g/mol. The molecule has 1 unspecified atom stereocenters. The summed E-state index contributed by atoms with van der Waals surface area (Å²) in [5, 5.41) is 11.3. The van der Waals surface area contributed by atoms with Crippen molar-refractivity contribution in [1.82, 2.24) is 4.98 Å². The van der Waals surface area contributed by atoms with E-state index in [0.717, 1.165) is 16.5 Å². The van der Waals surface area contributed by atoms with Gasteiger partial charge in [-0.05, 0) is 37.5 Å².